The Bertz CT molecular complexity index is 658. The second-order valence-corrected chi connectivity index (χ2v) is 14.0. The third kappa shape index (κ3) is 8.95. The van der Waals surface area contributed by atoms with Crippen LogP contribution in [0.1, 0.15) is 154 Å². The first-order chi connectivity index (χ1) is 18.7. The molecule has 0 unspecified atom stereocenters. The number of carbonyl (C=O) groups excluding carboxylic acids is 1. The number of carbonyl (C=O) groups is 1. The molecule has 5 fully saturated rings. The number of ether oxygens (including phenoxy) is 3. The Hall–Kier alpha value is -0.610. The van der Waals surface area contributed by atoms with Gasteiger partial charge in [-0.3, -0.25) is 4.79 Å². The van der Waals surface area contributed by atoms with E-state index in [0.29, 0.717) is 19.0 Å². The van der Waals surface area contributed by atoms with E-state index in [1.807, 2.05) is 0 Å². The van der Waals surface area contributed by atoms with Crippen molar-refractivity contribution >= 4 is 5.97 Å². The summed E-state index contributed by atoms with van der Waals surface area (Å²) in [5, 5.41) is 0. The minimum atomic E-state index is 0.138. The zero-order valence-corrected chi connectivity index (χ0v) is 24.4. The summed E-state index contributed by atoms with van der Waals surface area (Å²) in [4.78, 5) is 12.9. The van der Waals surface area contributed by atoms with Gasteiger partial charge < -0.3 is 14.2 Å². The molecular weight excluding hydrogens is 472 g/mol. The summed E-state index contributed by atoms with van der Waals surface area (Å²) in [6, 6.07) is 0. The average Bonchev–Trinajstić information content (AvgIpc) is 2.98. The van der Waals surface area contributed by atoms with Crippen LogP contribution in [-0.2, 0) is 19.0 Å². The molecule has 5 aliphatic rings. The second-order valence-electron chi connectivity index (χ2n) is 14.0. The van der Waals surface area contributed by atoms with Crippen molar-refractivity contribution in [1.29, 1.82) is 0 Å². The fraction of sp³-hybridized carbons (Fsp3) is 0.971. The zero-order chi connectivity index (χ0) is 26.0. The molecule has 0 heterocycles. The molecule has 0 aliphatic heterocycles. The molecule has 0 aromatic heterocycles. The SMILES string of the molecule is O=C(OC1CCC(CCC2CCC(OCOC3CCCCC3)CC2)CC1)C1CCC(C2CCCCC2)CC1. The summed E-state index contributed by atoms with van der Waals surface area (Å²) in [7, 11) is 0. The quantitative estimate of drug-likeness (QED) is 0.209. The van der Waals surface area contributed by atoms with Gasteiger partial charge in [0.15, 0.2) is 0 Å². The van der Waals surface area contributed by atoms with Gasteiger partial charge in [0.25, 0.3) is 0 Å². The molecular formula is C34H58O4. The monoisotopic (exact) mass is 530 g/mol. The van der Waals surface area contributed by atoms with Gasteiger partial charge >= 0.3 is 5.97 Å². The lowest BCUT2D eigenvalue weighted by atomic mass is 9.71. The molecule has 38 heavy (non-hydrogen) atoms. The molecule has 5 aliphatic carbocycles. The highest BCUT2D eigenvalue weighted by atomic mass is 16.7. The van der Waals surface area contributed by atoms with Crippen molar-refractivity contribution in [2.45, 2.75) is 172 Å². The van der Waals surface area contributed by atoms with Crippen molar-refractivity contribution in [2.75, 3.05) is 6.79 Å². The molecule has 218 valence electrons. The van der Waals surface area contributed by atoms with E-state index in [9.17, 15) is 4.79 Å². The van der Waals surface area contributed by atoms with E-state index in [0.717, 1.165) is 49.4 Å². The molecule has 0 saturated heterocycles. The summed E-state index contributed by atoms with van der Waals surface area (Å²) in [5.74, 6) is 3.88. The van der Waals surface area contributed by atoms with Crippen LogP contribution in [0.3, 0.4) is 0 Å². The van der Waals surface area contributed by atoms with Crippen molar-refractivity contribution < 1.29 is 19.0 Å². The van der Waals surface area contributed by atoms with Crippen LogP contribution in [0.25, 0.3) is 0 Å². The molecule has 4 heteroatoms. The van der Waals surface area contributed by atoms with Gasteiger partial charge in [-0.15, -0.1) is 0 Å². The molecule has 0 aromatic rings. The van der Waals surface area contributed by atoms with Gasteiger partial charge in [0.05, 0.1) is 18.1 Å². The number of hydrogen-bond donors (Lipinski definition) is 0. The van der Waals surface area contributed by atoms with E-state index in [1.54, 1.807) is 0 Å². The van der Waals surface area contributed by atoms with Crippen LogP contribution in [0.2, 0.25) is 0 Å². The topological polar surface area (TPSA) is 44.8 Å². The minimum absolute atomic E-state index is 0.138. The molecule has 0 bridgehead atoms. The van der Waals surface area contributed by atoms with Gasteiger partial charge in [0.2, 0.25) is 0 Å². The van der Waals surface area contributed by atoms with E-state index in [-0.39, 0.29) is 18.0 Å². The Labute approximate surface area is 233 Å². The fourth-order valence-corrected chi connectivity index (χ4v) is 8.75. The van der Waals surface area contributed by atoms with Gasteiger partial charge in [-0.2, -0.15) is 0 Å². The van der Waals surface area contributed by atoms with Crippen LogP contribution in [0, 0.1) is 29.6 Å². The standard InChI is InChI=1S/C34H58O4/c35-34(30-19-17-29(18-20-30)28-7-3-1-4-8-28)38-33-23-15-27(16-24-33)12-11-26-13-21-32(22-14-26)37-25-36-31-9-5-2-6-10-31/h26-33H,1-25H2. The van der Waals surface area contributed by atoms with E-state index >= 15 is 0 Å². The Morgan fingerprint density at radius 2 is 0.947 bits per heavy atom. The highest BCUT2D eigenvalue weighted by Crippen LogP contribution is 2.41. The molecule has 4 nitrogen and oxygen atoms in total. The lowest BCUT2D eigenvalue weighted by Crippen LogP contribution is -2.31. The van der Waals surface area contributed by atoms with E-state index in [4.69, 9.17) is 14.2 Å². The predicted molar refractivity (Wildman–Crippen MR) is 153 cm³/mol. The largest absolute Gasteiger partial charge is 0.462 e. The smallest absolute Gasteiger partial charge is 0.309 e. The molecule has 0 amide bonds. The lowest BCUT2D eigenvalue weighted by Gasteiger charge is -2.36. The van der Waals surface area contributed by atoms with Crippen LogP contribution in [0.5, 0.6) is 0 Å². The summed E-state index contributed by atoms with van der Waals surface area (Å²) in [5.41, 5.74) is 0. The molecule has 0 aromatic carbocycles. The third-order valence-electron chi connectivity index (χ3n) is 11.4. The maximum Gasteiger partial charge on any atom is 0.309 e. The molecule has 0 atom stereocenters. The first kappa shape index (κ1) is 28.9. The highest BCUT2D eigenvalue weighted by Gasteiger charge is 2.34. The van der Waals surface area contributed by atoms with Crippen LogP contribution in [0.15, 0.2) is 0 Å². The van der Waals surface area contributed by atoms with Gasteiger partial charge in [-0.05, 0) is 114 Å². The van der Waals surface area contributed by atoms with Crippen LogP contribution >= 0.6 is 0 Å². The van der Waals surface area contributed by atoms with E-state index in [2.05, 4.69) is 0 Å². The molecule has 5 saturated carbocycles. The van der Waals surface area contributed by atoms with Crippen molar-refractivity contribution in [2.24, 2.45) is 29.6 Å². The summed E-state index contributed by atoms with van der Waals surface area (Å²) < 4.78 is 18.1. The first-order valence-electron chi connectivity index (χ1n) is 17.2. The van der Waals surface area contributed by atoms with Gasteiger partial charge in [0, 0.05) is 0 Å². The van der Waals surface area contributed by atoms with Gasteiger partial charge in [-0.25, -0.2) is 0 Å². The molecule has 0 radical (unpaired) electrons. The van der Waals surface area contributed by atoms with Crippen molar-refractivity contribution in [1.82, 2.24) is 0 Å². The number of esters is 1. The van der Waals surface area contributed by atoms with Crippen molar-refractivity contribution in [3.8, 4) is 0 Å². The Morgan fingerprint density at radius 3 is 1.53 bits per heavy atom. The van der Waals surface area contributed by atoms with Crippen LogP contribution < -0.4 is 0 Å². The van der Waals surface area contributed by atoms with Crippen LogP contribution in [-0.4, -0.2) is 31.1 Å². The number of hydrogen-bond acceptors (Lipinski definition) is 4. The summed E-state index contributed by atoms with van der Waals surface area (Å²) in [6.45, 7) is 0.509. The second kappa shape index (κ2) is 15.4. The van der Waals surface area contributed by atoms with Crippen molar-refractivity contribution in [3.63, 3.8) is 0 Å². The Kier molecular flexibility index (Phi) is 11.7. The molecule has 5 rings (SSSR count). The summed E-state index contributed by atoms with van der Waals surface area (Å²) >= 11 is 0. The Morgan fingerprint density at radius 1 is 0.474 bits per heavy atom. The minimum Gasteiger partial charge on any atom is -0.462 e. The maximum atomic E-state index is 12.9. The lowest BCUT2D eigenvalue weighted by molar-refractivity contribution is -0.157. The summed E-state index contributed by atoms with van der Waals surface area (Å²) in [6.07, 6.45) is 31.9. The Balaban J connectivity index is 0.891. The normalized spacial score (nSPS) is 36.1. The average molecular weight is 531 g/mol. The van der Waals surface area contributed by atoms with Crippen LogP contribution in [0.4, 0.5) is 0 Å². The van der Waals surface area contributed by atoms with Gasteiger partial charge in [0.1, 0.15) is 12.9 Å². The third-order valence-corrected chi connectivity index (χ3v) is 11.4. The predicted octanol–water partition coefficient (Wildman–Crippen LogP) is 9.14. The molecule has 0 N–H and O–H groups in total. The maximum absolute atomic E-state index is 12.9. The highest BCUT2D eigenvalue weighted by molar-refractivity contribution is 5.72. The fourth-order valence-electron chi connectivity index (χ4n) is 8.75. The van der Waals surface area contributed by atoms with E-state index in [1.165, 1.54) is 128 Å². The van der Waals surface area contributed by atoms with Gasteiger partial charge in [-0.1, -0.05) is 64.2 Å². The molecule has 0 spiro atoms. The van der Waals surface area contributed by atoms with Crippen molar-refractivity contribution in [3.05, 3.63) is 0 Å². The first-order valence-corrected chi connectivity index (χ1v) is 17.2. The van der Waals surface area contributed by atoms with E-state index < -0.39 is 0 Å². The number of rotatable bonds is 10. The zero-order valence-electron chi connectivity index (χ0n) is 24.4.